The molecule has 0 aliphatic rings. The topological polar surface area (TPSA) is 98.5 Å². The number of methoxy groups -OCH3 is 1. The highest BCUT2D eigenvalue weighted by atomic mass is 19.1. The van der Waals surface area contributed by atoms with Gasteiger partial charge in [-0.2, -0.15) is 0 Å². The fraction of sp³-hybridized carbons (Fsp3) is 0.296. The molecular weight excluding hydrogens is 463 g/mol. The van der Waals surface area contributed by atoms with E-state index in [1.807, 2.05) is 24.5 Å². The van der Waals surface area contributed by atoms with Gasteiger partial charge in [0, 0.05) is 35.8 Å². The van der Waals surface area contributed by atoms with E-state index in [1.54, 1.807) is 31.4 Å². The minimum Gasteiger partial charge on any atom is -0.496 e. The van der Waals surface area contributed by atoms with Crippen molar-refractivity contribution in [1.82, 2.24) is 14.5 Å². The number of aromatic carboxylic acids is 1. The van der Waals surface area contributed by atoms with E-state index in [4.69, 9.17) is 9.47 Å². The van der Waals surface area contributed by atoms with Crippen LogP contribution in [0.25, 0.3) is 22.2 Å². The highest BCUT2D eigenvalue weighted by molar-refractivity contribution is 5.92. The molecule has 0 saturated carbocycles. The molecule has 0 atom stereocenters. The van der Waals surface area contributed by atoms with Crippen LogP contribution in [0.1, 0.15) is 35.8 Å². The van der Waals surface area contributed by atoms with Crippen LogP contribution in [0.4, 0.5) is 10.2 Å². The van der Waals surface area contributed by atoms with Crippen LogP contribution >= 0.6 is 0 Å². The Balaban J connectivity index is 1.51. The lowest BCUT2D eigenvalue weighted by Gasteiger charge is -2.13. The van der Waals surface area contributed by atoms with Gasteiger partial charge in [-0.25, -0.2) is 19.2 Å². The molecule has 2 aromatic carbocycles. The number of unbranched alkanes of at least 4 members (excludes halogenated alkanes) is 1. The molecule has 0 bridgehead atoms. The van der Waals surface area contributed by atoms with Crippen LogP contribution in [0.3, 0.4) is 0 Å². The smallest absolute Gasteiger partial charge is 0.339 e. The minimum atomic E-state index is -1.04. The predicted octanol–water partition coefficient (Wildman–Crippen LogP) is 5.54. The van der Waals surface area contributed by atoms with Gasteiger partial charge in [0.15, 0.2) is 0 Å². The maximum Gasteiger partial charge on any atom is 0.339 e. The molecule has 0 amide bonds. The Bertz CT molecular complexity index is 1390. The van der Waals surface area contributed by atoms with Crippen molar-refractivity contribution < 1.29 is 23.8 Å². The summed E-state index contributed by atoms with van der Waals surface area (Å²) >= 11 is 0. The molecule has 4 rings (SSSR count). The maximum atomic E-state index is 14.6. The second-order valence-electron chi connectivity index (χ2n) is 8.38. The summed E-state index contributed by atoms with van der Waals surface area (Å²) in [5.41, 5.74) is 2.89. The number of aryl methyl sites for hydroxylation is 1. The van der Waals surface area contributed by atoms with Crippen LogP contribution in [0.2, 0.25) is 0 Å². The van der Waals surface area contributed by atoms with Gasteiger partial charge in [-0.05, 0) is 43.7 Å². The number of fused-ring (bicyclic) bond motifs is 1. The number of aromatic nitrogens is 3. The average molecular weight is 493 g/mol. The second-order valence-corrected chi connectivity index (χ2v) is 8.38. The van der Waals surface area contributed by atoms with Crippen molar-refractivity contribution in [3.8, 4) is 22.8 Å². The zero-order valence-corrected chi connectivity index (χ0v) is 20.5. The number of anilines is 1. The number of benzene rings is 2. The Morgan fingerprint density at radius 1 is 1.14 bits per heavy atom. The SMILES string of the molecule is CCCCOc1cc(-c2cc(NCCn3c(C)cc4c(OC)ccc(F)c43)ncn2)ccc1C(=O)O. The van der Waals surface area contributed by atoms with Crippen molar-refractivity contribution in [1.29, 1.82) is 0 Å². The predicted molar refractivity (Wildman–Crippen MR) is 137 cm³/mol. The Morgan fingerprint density at radius 2 is 1.97 bits per heavy atom. The Labute approximate surface area is 208 Å². The molecule has 0 radical (unpaired) electrons. The molecule has 0 fully saturated rings. The molecule has 4 aromatic rings. The first-order chi connectivity index (χ1) is 17.4. The van der Waals surface area contributed by atoms with Crippen LogP contribution in [-0.2, 0) is 6.54 Å². The maximum absolute atomic E-state index is 14.6. The van der Waals surface area contributed by atoms with E-state index in [0.717, 1.165) is 29.5 Å². The minimum absolute atomic E-state index is 0.112. The molecule has 188 valence electrons. The number of rotatable bonds is 11. The van der Waals surface area contributed by atoms with Gasteiger partial charge >= 0.3 is 5.97 Å². The number of nitrogens with one attached hydrogen (secondary N) is 1. The molecule has 9 heteroatoms. The Morgan fingerprint density at radius 3 is 2.72 bits per heavy atom. The number of carboxylic acids is 1. The lowest BCUT2D eigenvalue weighted by atomic mass is 10.1. The van der Waals surface area contributed by atoms with Gasteiger partial charge in [-0.1, -0.05) is 19.4 Å². The van der Waals surface area contributed by atoms with Crippen LogP contribution in [0.5, 0.6) is 11.5 Å². The van der Waals surface area contributed by atoms with E-state index in [1.165, 1.54) is 18.5 Å². The summed E-state index contributed by atoms with van der Waals surface area (Å²) in [4.78, 5) is 20.2. The normalized spacial score (nSPS) is 11.0. The molecular formula is C27H29FN4O4. The van der Waals surface area contributed by atoms with Crippen molar-refractivity contribution in [2.45, 2.75) is 33.2 Å². The first kappa shape index (κ1) is 25.0. The quantitative estimate of drug-likeness (QED) is 0.265. The van der Waals surface area contributed by atoms with Crippen molar-refractivity contribution in [2.24, 2.45) is 0 Å². The molecule has 2 aromatic heterocycles. The lowest BCUT2D eigenvalue weighted by Crippen LogP contribution is -2.13. The monoisotopic (exact) mass is 492 g/mol. The molecule has 0 aliphatic carbocycles. The van der Waals surface area contributed by atoms with Gasteiger partial charge in [-0.3, -0.25) is 0 Å². The number of halogens is 1. The van der Waals surface area contributed by atoms with Crippen molar-refractivity contribution >= 4 is 22.7 Å². The van der Waals surface area contributed by atoms with Gasteiger partial charge in [-0.15, -0.1) is 0 Å². The number of hydrogen-bond donors (Lipinski definition) is 2. The van der Waals surface area contributed by atoms with Crippen LogP contribution in [0, 0.1) is 12.7 Å². The van der Waals surface area contributed by atoms with E-state index < -0.39 is 5.97 Å². The summed E-state index contributed by atoms with van der Waals surface area (Å²) in [5, 5.41) is 13.5. The molecule has 0 aliphatic heterocycles. The number of carbonyl (C=O) groups is 1. The van der Waals surface area contributed by atoms with Gasteiger partial charge in [0.25, 0.3) is 0 Å². The second kappa shape index (κ2) is 11.1. The van der Waals surface area contributed by atoms with Gasteiger partial charge in [0.2, 0.25) is 0 Å². The highest BCUT2D eigenvalue weighted by Gasteiger charge is 2.15. The molecule has 0 saturated heterocycles. The summed E-state index contributed by atoms with van der Waals surface area (Å²) in [6.45, 7) is 5.43. The molecule has 0 unspecified atom stereocenters. The third-order valence-corrected chi connectivity index (χ3v) is 5.97. The van der Waals surface area contributed by atoms with E-state index >= 15 is 0 Å². The summed E-state index contributed by atoms with van der Waals surface area (Å²) in [6.07, 6.45) is 3.22. The number of nitrogens with zero attached hydrogens (tertiary/aromatic N) is 3. The fourth-order valence-electron chi connectivity index (χ4n) is 4.12. The van der Waals surface area contributed by atoms with Crippen LogP contribution in [-0.4, -0.2) is 45.9 Å². The van der Waals surface area contributed by atoms with E-state index in [-0.39, 0.29) is 11.4 Å². The van der Waals surface area contributed by atoms with E-state index in [9.17, 15) is 14.3 Å². The summed E-state index contributed by atoms with van der Waals surface area (Å²) < 4.78 is 27.6. The Kier molecular flexibility index (Phi) is 7.68. The van der Waals surface area contributed by atoms with Crippen LogP contribution < -0.4 is 14.8 Å². The van der Waals surface area contributed by atoms with Gasteiger partial charge in [0.1, 0.15) is 35.0 Å². The van der Waals surface area contributed by atoms with Crippen LogP contribution in [0.15, 0.2) is 48.8 Å². The van der Waals surface area contributed by atoms with E-state index in [2.05, 4.69) is 15.3 Å². The number of carboxylic acid groups (broad SMARTS) is 1. The van der Waals surface area contributed by atoms with E-state index in [0.29, 0.717) is 48.2 Å². The van der Waals surface area contributed by atoms with Crippen molar-refractivity contribution in [3.63, 3.8) is 0 Å². The molecule has 0 spiro atoms. The molecule has 2 N–H and O–H groups in total. The number of ether oxygens (including phenoxy) is 2. The standard InChI is InChI=1S/C27H29FN4O4/c1-4-5-12-36-24-14-18(6-7-19(24)27(33)34)22-15-25(31-16-30-22)29-10-11-32-17(2)13-20-23(35-3)9-8-21(28)26(20)32/h6-9,13-16H,4-5,10-12H2,1-3H3,(H,33,34)(H,29,30,31). The molecule has 8 nitrogen and oxygen atoms in total. The molecule has 36 heavy (non-hydrogen) atoms. The largest absolute Gasteiger partial charge is 0.496 e. The van der Waals surface area contributed by atoms with Gasteiger partial charge < -0.3 is 24.5 Å². The third-order valence-electron chi connectivity index (χ3n) is 5.97. The zero-order chi connectivity index (χ0) is 25.7. The number of hydrogen-bond acceptors (Lipinski definition) is 6. The summed E-state index contributed by atoms with van der Waals surface area (Å²) in [5.74, 6) is 0.204. The first-order valence-corrected chi connectivity index (χ1v) is 11.8. The van der Waals surface area contributed by atoms with Crippen molar-refractivity contribution in [2.75, 3.05) is 25.6 Å². The fourth-order valence-corrected chi connectivity index (χ4v) is 4.12. The van der Waals surface area contributed by atoms with Gasteiger partial charge in [0.05, 0.1) is 24.9 Å². The molecule has 2 heterocycles. The summed E-state index contributed by atoms with van der Waals surface area (Å²) in [7, 11) is 1.57. The Hall–Kier alpha value is -4.14. The third kappa shape index (κ3) is 5.25. The summed E-state index contributed by atoms with van der Waals surface area (Å²) in [6, 6.07) is 11.7. The highest BCUT2D eigenvalue weighted by Crippen LogP contribution is 2.31. The van der Waals surface area contributed by atoms with Crippen molar-refractivity contribution in [3.05, 3.63) is 65.9 Å². The zero-order valence-electron chi connectivity index (χ0n) is 20.5. The first-order valence-electron chi connectivity index (χ1n) is 11.8. The average Bonchev–Trinajstić information content (AvgIpc) is 3.21. The lowest BCUT2D eigenvalue weighted by molar-refractivity contribution is 0.0692.